The smallest absolute Gasteiger partial charge is 0.416 e. The van der Waals surface area contributed by atoms with Crippen molar-refractivity contribution in [2.75, 3.05) is 0 Å². The van der Waals surface area contributed by atoms with Gasteiger partial charge in [0.05, 0.1) is 16.9 Å². The quantitative estimate of drug-likeness (QED) is 0.376. The zero-order valence-corrected chi connectivity index (χ0v) is 18.9. The predicted molar refractivity (Wildman–Crippen MR) is 119 cm³/mol. The maximum Gasteiger partial charge on any atom is 0.416 e. The van der Waals surface area contributed by atoms with E-state index in [9.17, 15) is 18.0 Å². The molecule has 0 radical (unpaired) electrons. The van der Waals surface area contributed by atoms with Crippen molar-refractivity contribution in [1.82, 2.24) is 9.78 Å². The summed E-state index contributed by atoms with van der Waals surface area (Å²) in [6.45, 7) is 5.97. The van der Waals surface area contributed by atoms with Crippen LogP contribution in [0.15, 0.2) is 53.6 Å². The third-order valence-corrected chi connectivity index (χ3v) is 6.71. The van der Waals surface area contributed by atoms with Crippen LogP contribution in [0.1, 0.15) is 53.0 Å². The molecule has 170 valence electrons. The molecule has 0 aliphatic carbocycles. The van der Waals surface area contributed by atoms with Crippen LogP contribution in [0.25, 0.3) is 5.69 Å². The molecule has 1 aromatic heterocycles. The maximum atomic E-state index is 12.8. The van der Waals surface area contributed by atoms with E-state index in [1.54, 1.807) is 16.4 Å². The number of nitrogens with zero attached hydrogens (tertiary/aromatic N) is 2. The van der Waals surface area contributed by atoms with Gasteiger partial charge < -0.3 is 5.11 Å². The van der Waals surface area contributed by atoms with Gasteiger partial charge in [0.2, 0.25) is 0 Å². The zero-order chi connectivity index (χ0) is 23.5. The minimum absolute atomic E-state index is 0.104. The lowest BCUT2D eigenvalue weighted by atomic mass is 10.0. The second kappa shape index (κ2) is 9.81. The number of benzene rings is 2. The van der Waals surface area contributed by atoms with Crippen LogP contribution >= 0.6 is 11.8 Å². The fourth-order valence-electron chi connectivity index (χ4n) is 3.52. The van der Waals surface area contributed by atoms with E-state index in [1.165, 1.54) is 12.1 Å². The average Bonchev–Trinajstić information content (AvgIpc) is 3.12. The van der Waals surface area contributed by atoms with E-state index in [1.807, 2.05) is 32.2 Å². The lowest BCUT2D eigenvalue weighted by molar-refractivity contribution is -0.138. The van der Waals surface area contributed by atoms with E-state index in [2.05, 4.69) is 18.1 Å². The van der Waals surface area contributed by atoms with Crippen molar-refractivity contribution in [1.29, 1.82) is 0 Å². The number of aryl methyl sites for hydroxylation is 3. The van der Waals surface area contributed by atoms with E-state index in [-0.39, 0.29) is 11.7 Å². The Balaban J connectivity index is 1.79. The van der Waals surface area contributed by atoms with E-state index >= 15 is 0 Å². The summed E-state index contributed by atoms with van der Waals surface area (Å²) in [4.78, 5) is 11.9. The van der Waals surface area contributed by atoms with Gasteiger partial charge in [-0.1, -0.05) is 13.0 Å². The first-order valence-corrected chi connectivity index (χ1v) is 11.2. The zero-order valence-electron chi connectivity index (χ0n) is 18.1. The predicted octanol–water partition coefficient (Wildman–Crippen LogP) is 6.77. The number of alkyl halides is 3. The molecular weight excluding hydrogens is 437 g/mol. The van der Waals surface area contributed by atoms with E-state index < -0.39 is 17.7 Å². The molecule has 0 amide bonds. The second-order valence-electron chi connectivity index (χ2n) is 7.66. The first kappa shape index (κ1) is 23.9. The fourth-order valence-corrected chi connectivity index (χ4v) is 4.76. The summed E-state index contributed by atoms with van der Waals surface area (Å²) < 4.78 is 40.1. The summed E-state index contributed by atoms with van der Waals surface area (Å²) in [6, 6.07) is 11.0. The minimum atomic E-state index is -4.37. The summed E-state index contributed by atoms with van der Waals surface area (Å²) in [5.41, 5.74) is 3.84. The van der Waals surface area contributed by atoms with Crippen LogP contribution in [0.2, 0.25) is 0 Å². The molecule has 8 heteroatoms. The van der Waals surface area contributed by atoms with Crippen molar-refractivity contribution < 1.29 is 23.1 Å². The molecule has 0 saturated heterocycles. The Morgan fingerprint density at radius 3 is 2.41 bits per heavy atom. The van der Waals surface area contributed by atoms with Crippen molar-refractivity contribution in [3.8, 4) is 5.69 Å². The van der Waals surface area contributed by atoms with Gasteiger partial charge in [0, 0.05) is 28.3 Å². The monoisotopic (exact) mass is 462 g/mol. The number of hydrogen-bond acceptors (Lipinski definition) is 3. The van der Waals surface area contributed by atoms with Gasteiger partial charge in [0.25, 0.3) is 0 Å². The number of aromatic nitrogens is 2. The van der Waals surface area contributed by atoms with Crippen molar-refractivity contribution >= 4 is 17.7 Å². The van der Waals surface area contributed by atoms with Gasteiger partial charge in [0.1, 0.15) is 0 Å². The summed E-state index contributed by atoms with van der Waals surface area (Å²) in [7, 11) is 0. The molecule has 0 aliphatic rings. The SMILES string of the molecule is CCC(Sc1ccc(CCC(=O)O)c(C)c1)c1cn(-c2ccc(C(F)(F)F)cc2)nc1C. The Kier molecular flexibility index (Phi) is 7.33. The number of carbonyl (C=O) groups is 1. The Hall–Kier alpha value is -2.74. The van der Waals surface area contributed by atoms with Crippen molar-refractivity contribution in [2.24, 2.45) is 0 Å². The highest BCUT2D eigenvalue weighted by Crippen LogP contribution is 2.40. The first-order valence-electron chi connectivity index (χ1n) is 10.3. The Morgan fingerprint density at radius 1 is 1.16 bits per heavy atom. The van der Waals surface area contributed by atoms with Crippen molar-refractivity contribution in [3.05, 3.63) is 76.6 Å². The Morgan fingerprint density at radius 2 is 1.84 bits per heavy atom. The van der Waals surface area contributed by atoms with Gasteiger partial charge in [-0.25, -0.2) is 4.68 Å². The maximum absolute atomic E-state index is 12.8. The van der Waals surface area contributed by atoms with Crippen LogP contribution in [-0.2, 0) is 17.4 Å². The van der Waals surface area contributed by atoms with Gasteiger partial charge in [-0.3, -0.25) is 4.79 Å². The van der Waals surface area contributed by atoms with Crippen LogP contribution in [0, 0.1) is 13.8 Å². The van der Waals surface area contributed by atoms with Crippen LogP contribution in [0.3, 0.4) is 0 Å². The lowest BCUT2D eigenvalue weighted by Crippen LogP contribution is -2.05. The molecule has 0 spiro atoms. The fraction of sp³-hybridized carbons (Fsp3) is 0.333. The average molecular weight is 463 g/mol. The molecule has 2 aromatic carbocycles. The number of aliphatic carboxylic acids is 1. The molecule has 0 fully saturated rings. The summed E-state index contributed by atoms with van der Waals surface area (Å²) >= 11 is 1.70. The highest BCUT2D eigenvalue weighted by Gasteiger charge is 2.30. The van der Waals surface area contributed by atoms with Crippen molar-refractivity contribution in [2.45, 2.75) is 56.4 Å². The highest BCUT2D eigenvalue weighted by atomic mass is 32.2. The molecular formula is C24H25F3N2O2S. The lowest BCUT2D eigenvalue weighted by Gasteiger charge is -2.15. The van der Waals surface area contributed by atoms with Crippen LogP contribution < -0.4 is 0 Å². The topological polar surface area (TPSA) is 55.1 Å². The van der Waals surface area contributed by atoms with Gasteiger partial charge >= 0.3 is 12.1 Å². The molecule has 1 unspecified atom stereocenters. The molecule has 1 heterocycles. The molecule has 0 bridgehead atoms. The summed E-state index contributed by atoms with van der Waals surface area (Å²) in [5, 5.41) is 13.5. The molecule has 4 nitrogen and oxygen atoms in total. The van der Waals surface area contributed by atoms with Gasteiger partial charge in [-0.15, -0.1) is 11.8 Å². The van der Waals surface area contributed by atoms with Crippen molar-refractivity contribution in [3.63, 3.8) is 0 Å². The molecule has 0 aliphatic heterocycles. The number of carboxylic acids is 1. The number of carboxylic acid groups (broad SMARTS) is 1. The summed E-state index contributed by atoms with van der Waals surface area (Å²) in [6.07, 6.45) is -1.03. The Bertz CT molecular complexity index is 1090. The molecule has 32 heavy (non-hydrogen) atoms. The van der Waals surface area contributed by atoms with Crippen LogP contribution in [0.4, 0.5) is 13.2 Å². The third kappa shape index (κ3) is 5.73. The molecule has 3 aromatic rings. The molecule has 1 N–H and O–H groups in total. The third-order valence-electron chi connectivity index (χ3n) is 5.31. The highest BCUT2D eigenvalue weighted by molar-refractivity contribution is 7.99. The number of halogens is 3. The largest absolute Gasteiger partial charge is 0.481 e. The van der Waals surface area contributed by atoms with E-state index in [0.717, 1.165) is 45.8 Å². The first-order chi connectivity index (χ1) is 15.1. The molecule has 1 atom stereocenters. The second-order valence-corrected chi connectivity index (χ2v) is 8.93. The van der Waals surface area contributed by atoms with Gasteiger partial charge in [0.15, 0.2) is 0 Å². The number of hydrogen-bond donors (Lipinski definition) is 1. The number of rotatable bonds is 8. The minimum Gasteiger partial charge on any atom is -0.481 e. The standard InChI is InChI=1S/C24H25F3N2O2S/c1-4-22(32-20-11-5-17(15(2)13-20)6-12-23(30)31)21-14-29(28-16(21)3)19-9-7-18(8-10-19)24(25,26)27/h5,7-11,13-14,22H,4,6,12H2,1-3H3,(H,30,31). The molecule has 0 saturated carbocycles. The van der Waals surface area contributed by atoms with Gasteiger partial charge in [-0.2, -0.15) is 18.3 Å². The van der Waals surface area contributed by atoms with E-state index in [4.69, 9.17) is 5.11 Å². The Labute approximate surface area is 189 Å². The number of thioether (sulfide) groups is 1. The van der Waals surface area contributed by atoms with Gasteiger partial charge in [-0.05, 0) is 74.2 Å². The van der Waals surface area contributed by atoms with Crippen LogP contribution in [0.5, 0.6) is 0 Å². The van der Waals surface area contributed by atoms with E-state index in [0.29, 0.717) is 12.1 Å². The normalized spacial score (nSPS) is 12.7. The van der Waals surface area contributed by atoms with Crippen LogP contribution in [-0.4, -0.2) is 20.9 Å². The molecule has 3 rings (SSSR count). The summed E-state index contributed by atoms with van der Waals surface area (Å²) in [5.74, 6) is -0.811.